The number of hydrogen-bond donors (Lipinski definition) is 2. The lowest BCUT2D eigenvalue weighted by atomic mass is 10.0. The third-order valence-corrected chi connectivity index (χ3v) is 4.58. The second kappa shape index (κ2) is 10.3. The van der Waals surface area contributed by atoms with Crippen molar-refractivity contribution in [3.05, 3.63) is 101 Å². The number of primary amides is 1. The number of benzene rings is 3. The van der Waals surface area contributed by atoms with Crippen molar-refractivity contribution < 1.29 is 23.1 Å². The van der Waals surface area contributed by atoms with Gasteiger partial charge < -0.3 is 15.8 Å². The highest BCUT2D eigenvalue weighted by Gasteiger charge is 2.19. The molecule has 2 amide bonds. The van der Waals surface area contributed by atoms with Crippen molar-refractivity contribution in [3.8, 4) is 5.75 Å². The molecule has 0 fully saturated rings. The first-order chi connectivity index (χ1) is 14.9. The van der Waals surface area contributed by atoms with Gasteiger partial charge in [-0.05, 0) is 41.0 Å². The summed E-state index contributed by atoms with van der Waals surface area (Å²) in [5.74, 6) is -2.15. The molecule has 0 bridgehead atoms. The molecule has 31 heavy (non-hydrogen) atoms. The quantitative estimate of drug-likeness (QED) is 0.553. The molecule has 0 spiro atoms. The van der Waals surface area contributed by atoms with Crippen LogP contribution in [0.4, 0.5) is 8.78 Å². The number of carbonyl (C=O) groups excluding carboxylic acids is 2. The Morgan fingerprint density at radius 3 is 2.13 bits per heavy atom. The minimum atomic E-state index is -0.956. The lowest BCUT2D eigenvalue weighted by Crippen LogP contribution is -2.46. The Morgan fingerprint density at radius 2 is 1.52 bits per heavy atom. The largest absolute Gasteiger partial charge is 0.489 e. The van der Waals surface area contributed by atoms with Gasteiger partial charge in [-0.3, -0.25) is 9.59 Å². The topological polar surface area (TPSA) is 81.4 Å². The summed E-state index contributed by atoms with van der Waals surface area (Å²) in [6.07, 6.45) is -0.0950. The molecule has 0 saturated heterocycles. The van der Waals surface area contributed by atoms with Crippen LogP contribution in [0.15, 0.2) is 72.8 Å². The van der Waals surface area contributed by atoms with Crippen LogP contribution in [-0.4, -0.2) is 17.9 Å². The Morgan fingerprint density at radius 1 is 0.871 bits per heavy atom. The van der Waals surface area contributed by atoms with E-state index in [4.69, 9.17) is 10.5 Å². The molecule has 3 aromatic rings. The van der Waals surface area contributed by atoms with Gasteiger partial charge in [0.25, 0.3) is 0 Å². The first-order valence-corrected chi connectivity index (χ1v) is 9.68. The first-order valence-electron chi connectivity index (χ1n) is 9.68. The molecule has 0 unspecified atom stereocenters. The first kappa shape index (κ1) is 22.0. The maximum absolute atomic E-state index is 13.3. The molecular formula is C24H22F2N2O3. The molecule has 0 heterocycles. The van der Waals surface area contributed by atoms with Crippen LogP contribution in [0, 0.1) is 11.6 Å². The summed E-state index contributed by atoms with van der Waals surface area (Å²) in [6, 6.07) is 18.7. The minimum Gasteiger partial charge on any atom is -0.489 e. The van der Waals surface area contributed by atoms with Crippen molar-refractivity contribution in [1.82, 2.24) is 5.32 Å². The van der Waals surface area contributed by atoms with Gasteiger partial charge in [0.2, 0.25) is 11.8 Å². The van der Waals surface area contributed by atoms with E-state index in [0.29, 0.717) is 12.4 Å². The Bertz CT molecular complexity index is 1020. The third kappa shape index (κ3) is 6.92. The number of hydrogen-bond acceptors (Lipinski definition) is 3. The molecule has 0 aliphatic carbocycles. The maximum atomic E-state index is 13.3. The molecular weight excluding hydrogens is 402 g/mol. The Kier molecular flexibility index (Phi) is 7.32. The van der Waals surface area contributed by atoms with Crippen LogP contribution in [0.5, 0.6) is 5.75 Å². The van der Waals surface area contributed by atoms with Crippen molar-refractivity contribution in [2.45, 2.75) is 25.5 Å². The van der Waals surface area contributed by atoms with Crippen LogP contribution >= 0.6 is 0 Å². The lowest BCUT2D eigenvalue weighted by molar-refractivity contribution is -0.127. The molecule has 7 heteroatoms. The summed E-state index contributed by atoms with van der Waals surface area (Å²) in [6.45, 7) is 0.431. The maximum Gasteiger partial charge on any atom is 0.240 e. The van der Waals surface area contributed by atoms with Crippen molar-refractivity contribution in [3.63, 3.8) is 0 Å². The third-order valence-electron chi connectivity index (χ3n) is 4.58. The van der Waals surface area contributed by atoms with Crippen molar-refractivity contribution in [2.75, 3.05) is 0 Å². The van der Waals surface area contributed by atoms with Gasteiger partial charge in [0.05, 0.1) is 6.42 Å². The van der Waals surface area contributed by atoms with Crippen molar-refractivity contribution in [1.29, 1.82) is 0 Å². The van der Waals surface area contributed by atoms with E-state index in [2.05, 4.69) is 5.32 Å². The van der Waals surface area contributed by atoms with Crippen LogP contribution in [0.3, 0.4) is 0 Å². The second-order valence-corrected chi connectivity index (χ2v) is 7.10. The SMILES string of the molecule is NC(=O)[C@@H](Cc1ccc(OCc2ccccc2)cc1)NC(=O)Cc1cc(F)cc(F)c1. The van der Waals surface area contributed by atoms with Crippen LogP contribution < -0.4 is 15.8 Å². The highest BCUT2D eigenvalue weighted by atomic mass is 19.1. The summed E-state index contributed by atoms with van der Waals surface area (Å²) in [5.41, 5.74) is 7.40. The predicted octanol–water partition coefficient (Wildman–Crippen LogP) is 3.30. The molecule has 0 aliphatic rings. The fraction of sp³-hybridized carbons (Fsp3) is 0.167. The molecule has 0 aromatic heterocycles. The lowest BCUT2D eigenvalue weighted by Gasteiger charge is -2.16. The van der Waals surface area contributed by atoms with E-state index in [1.807, 2.05) is 30.3 Å². The zero-order chi connectivity index (χ0) is 22.2. The van der Waals surface area contributed by atoms with Crippen molar-refractivity contribution in [2.24, 2.45) is 5.73 Å². The Hall–Kier alpha value is -3.74. The van der Waals surface area contributed by atoms with Gasteiger partial charge in [0.1, 0.15) is 30.0 Å². The standard InChI is InChI=1S/C24H22F2N2O3/c25-19-10-18(11-20(26)14-19)13-23(29)28-22(24(27)30)12-16-6-8-21(9-7-16)31-15-17-4-2-1-3-5-17/h1-11,14,22H,12-13,15H2,(H2,27,30)(H,28,29)/t22-/m1/s1. The Balaban J connectivity index is 1.56. The second-order valence-electron chi connectivity index (χ2n) is 7.10. The number of ether oxygens (including phenoxy) is 1. The van der Waals surface area contributed by atoms with Crippen molar-refractivity contribution >= 4 is 11.8 Å². The monoisotopic (exact) mass is 424 g/mol. The molecule has 1 atom stereocenters. The number of amides is 2. The zero-order valence-corrected chi connectivity index (χ0v) is 16.7. The number of halogens is 2. The van der Waals surface area contributed by atoms with E-state index in [0.717, 1.165) is 29.3 Å². The molecule has 160 valence electrons. The molecule has 3 aromatic carbocycles. The summed E-state index contributed by atoms with van der Waals surface area (Å²) >= 11 is 0. The highest BCUT2D eigenvalue weighted by molar-refractivity contribution is 5.87. The minimum absolute atomic E-state index is 0.165. The number of nitrogens with one attached hydrogen (secondary N) is 1. The smallest absolute Gasteiger partial charge is 0.240 e. The molecule has 0 aliphatic heterocycles. The fourth-order valence-electron chi connectivity index (χ4n) is 3.06. The van der Waals surface area contributed by atoms with Crippen LogP contribution in [-0.2, 0) is 29.0 Å². The van der Waals surface area contributed by atoms with E-state index < -0.39 is 29.5 Å². The fourth-order valence-corrected chi connectivity index (χ4v) is 3.06. The number of carbonyl (C=O) groups is 2. The van der Waals surface area contributed by atoms with E-state index in [1.54, 1.807) is 24.3 Å². The Labute approximate surface area is 178 Å². The summed E-state index contributed by atoms with van der Waals surface area (Å²) in [7, 11) is 0. The van der Waals surface area contributed by atoms with Crippen LogP contribution in [0.1, 0.15) is 16.7 Å². The van der Waals surface area contributed by atoms with Gasteiger partial charge in [0, 0.05) is 12.5 Å². The predicted molar refractivity (Wildman–Crippen MR) is 112 cm³/mol. The van der Waals surface area contributed by atoms with Gasteiger partial charge in [-0.1, -0.05) is 42.5 Å². The van der Waals surface area contributed by atoms with Gasteiger partial charge in [-0.2, -0.15) is 0 Å². The molecule has 3 rings (SSSR count). The summed E-state index contributed by atoms with van der Waals surface area (Å²) in [5, 5.41) is 2.52. The van der Waals surface area contributed by atoms with E-state index in [9.17, 15) is 18.4 Å². The number of nitrogens with two attached hydrogens (primary N) is 1. The van der Waals surface area contributed by atoms with Crippen LogP contribution in [0.25, 0.3) is 0 Å². The average molecular weight is 424 g/mol. The van der Waals surface area contributed by atoms with Gasteiger partial charge >= 0.3 is 0 Å². The molecule has 5 nitrogen and oxygen atoms in total. The van der Waals surface area contributed by atoms with E-state index in [-0.39, 0.29) is 18.4 Å². The van der Waals surface area contributed by atoms with Crippen LogP contribution in [0.2, 0.25) is 0 Å². The average Bonchev–Trinajstić information content (AvgIpc) is 2.72. The summed E-state index contributed by atoms with van der Waals surface area (Å²) in [4.78, 5) is 24.0. The molecule has 3 N–H and O–H groups in total. The molecule has 0 saturated carbocycles. The van der Waals surface area contributed by atoms with E-state index >= 15 is 0 Å². The summed E-state index contributed by atoms with van der Waals surface area (Å²) < 4.78 is 32.3. The van der Waals surface area contributed by atoms with Gasteiger partial charge in [0.15, 0.2) is 0 Å². The normalized spacial score (nSPS) is 11.5. The molecule has 0 radical (unpaired) electrons. The van der Waals surface area contributed by atoms with E-state index in [1.165, 1.54) is 0 Å². The van der Waals surface area contributed by atoms with Gasteiger partial charge in [-0.25, -0.2) is 8.78 Å². The zero-order valence-electron chi connectivity index (χ0n) is 16.7. The van der Waals surface area contributed by atoms with Gasteiger partial charge in [-0.15, -0.1) is 0 Å². The number of rotatable bonds is 9. The highest BCUT2D eigenvalue weighted by Crippen LogP contribution is 2.16.